The highest BCUT2D eigenvalue weighted by atomic mass is 16.3. The second kappa shape index (κ2) is 8.63. The predicted octanol–water partition coefficient (Wildman–Crippen LogP) is 3.05. The number of aromatic nitrogens is 2. The summed E-state index contributed by atoms with van der Waals surface area (Å²) >= 11 is 0. The number of hydrogen-bond donors (Lipinski definition) is 1. The molecular weight excluding hydrogens is 406 g/mol. The topological polar surface area (TPSA) is 83.6 Å². The molecule has 1 aliphatic carbocycles. The van der Waals surface area contributed by atoms with Gasteiger partial charge in [-0.25, -0.2) is 4.68 Å². The molecule has 32 heavy (non-hydrogen) atoms. The number of amides is 2. The molecule has 8 nitrogen and oxygen atoms in total. The molecule has 2 fully saturated rings. The number of benzene rings is 1. The molecule has 2 aliphatic rings. The van der Waals surface area contributed by atoms with Crippen LogP contribution in [0.15, 0.2) is 52.9 Å². The van der Waals surface area contributed by atoms with Crippen LogP contribution in [0.4, 0.5) is 5.82 Å². The number of furan rings is 1. The normalized spacial score (nSPS) is 16.8. The van der Waals surface area contributed by atoms with Gasteiger partial charge >= 0.3 is 0 Å². The van der Waals surface area contributed by atoms with Crippen molar-refractivity contribution in [2.24, 2.45) is 0 Å². The van der Waals surface area contributed by atoms with Crippen LogP contribution in [0.3, 0.4) is 0 Å². The van der Waals surface area contributed by atoms with E-state index < -0.39 is 0 Å². The van der Waals surface area contributed by atoms with Gasteiger partial charge in [0.25, 0.3) is 5.91 Å². The zero-order valence-electron chi connectivity index (χ0n) is 18.2. The SMILES string of the molecule is Cc1ccc(C(=O)N2CCN(CC(=O)Nc3cc(C4CC4)nn3-c3ccccc3)CC2)o1. The maximum atomic E-state index is 12.8. The number of piperazine rings is 1. The largest absolute Gasteiger partial charge is 0.456 e. The van der Waals surface area contributed by atoms with Crippen molar-refractivity contribution in [1.82, 2.24) is 19.6 Å². The predicted molar refractivity (Wildman–Crippen MR) is 120 cm³/mol. The lowest BCUT2D eigenvalue weighted by Gasteiger charge is -2.33. The Labute approximate surface area is 186 Å². The van der Waals surface area contributed by atoms with E-state index in [1.54, 1.807) is 17.0 Å². The second-order valence-corrected chi connectivity index (χ2v) is 8.50. The van der Waals surface area contributed by atoms with E-state index in [9.17, 15) is 9.59 Å². The van der Waals surface area contributed by atoms with Crippen LogP contribution in [0, 0.1) is 6.92 Å². The third-order valence-electron chi connectivity index (χ3n) is 5.97. The number of anilines is 1. The summed E-state index contributed by atoms with van der Waals surface area (Å²) in [5.41, 5.74) is 1.96. The van der Waals surface area contributed by atoms with E-state index in [1.807, 2.05) is 48.0 Å². The van der Waals surface area contributed by atoms with Crippen LogP contribution < -0.4 is 5.32 Å². The number of para-hydroxylation sites is 1. The van der Waals surface area contributed by atoms with Crippen LogP contribution in [0.1, 0.15) is 40.8 Å². The first-order chi connectivity index (χ1) is 15.6. The third-order valence-corrected chi connectivity index (χ3v) is 5.97. The molecule has 1 aliphatic heterocycles. The van der Waals surface area contributed by atoms with Crippen LogP contribution in [0.5, 0.6) is 0 Å². The van der Waals surface area contributed by atoms with Gasteiger partial charge in [0.2, 0.25) is 5.91 Å². The molecule has 3 heterocycles. The van der Waals surface area contributed by atoms with Crippen LogP contribution >= 0.6 is 0 Å². The molecule has 1 N–H and O–H groups in total. The fraction of sp³-hybridized carbons (Fsp3) is 0.375. The first-order valence-electron chi connectivity index (χ1n) is 11.1. The third kappa shape index (κ3) is 4.45. The van der Waals surface area contributed by atoms with E-state index in [4.69, 9.17) is 9.52 Å². The summed E-state index contributed by atoms with van der Waals surface area (Å²) in [5, 5.41) is 7.78. The van der Waals surface area contributed by atoms with Gasteiger partial charge in [-0.2, -0.15) is 5.10 Å². The Morgan fingerprint density at radius 1 is 1.06 bits per heavy atom. The lowest BCUT2D eigenvalue weighted by Crippen LogP contribution is -2.50. The summed E-state index contributed by atoms with van der Waals surface area (Å²) in [6.45, 7) is 4.53. The van der Waals surface area contributed by atoms with E-state index in [-0.39, 0.29) is 18.4 Å². The standard InChI is InChI=1S/C24H27N5O3/c1-17-7-10-21(32-17)24(31)28-13-11-27(12-14-28)16-23(30)25-22-15-20(18-8-9-18)26-29(22)19-5-3-2-4-6-19/h2-7,10,15,18H,8-9,11-14,16H2,1H3,(H,25,30). The molecule has 166 valence electrons. The minimum absolute atomic E-state index is 0.0779. The molecule has 2 aromatic heterocycles. The van der Waals surface area contributed by atoms with Gasteiger partial charge in [0.1, 0.15) is 11.6 Å². The van der Waals surface area contributed by atoms with Crippen molar-refractivity contribution in [1.29, 1.82) is 0 Å². The van der Waals surface area contributed by atoms with Gasteiger partial charge in [-0.1, -0.05) is 18.2 Å². The Kier molecular flexibility index (Phi) is 5.53. The van der Waals surface area contributed by atoms with Gasteiger partial charge in [-0.05, 0) is 44.0 Å². The molecule has 0 radical (unpaired) electrons. The lowest BCUT2D eigenvalue weighted by atomic mass is 10.2. The number of hydrogen-bond acceptors (Lipinski definition) is 5. The Morgan fingerprint density at radius 2 is 1.81 bits per heavy atom. The zero-order chi connectivity index (χ0) is 22.1. The van der Waals surface area contributed by atoms with Crippen molar-refractivity contribution >= 4 is 17.6 Å². The molecular formula is C24H27N5O3. The molecule has 0 bridgehead atoms. The molecule has 5 rings (SSSR count). The fourth-order valence-corrected chi connectivity index (χ4v) is 4.03. The molecule has 0 spiro atoms. The van der Waals surface area contributed by atoms with Crippen molar-refractivity contribution in [3.8, 4) is 5.69 Å². The summed E-state index contributed by atoms with van der Waals surface area (Å²) in [4.78, 5) is 29.2. The highest BCUT2D eigenvalue weighted by Gasteiger charge is 2.29. The fourth-order valence-electron chi connectivity index (χ4n) is 4.03. The number of carbonyl (C=O) groups excluding carboxylic acids is 2. The highest BCUT2D eigenvalue weighted by molar-refractivity contribution is 5.92. The maximum absolute atomic E-state index is 12.8. The van der Waals surface area contributed by atoms with Crippen LogP contribution in [0.25, 0.3) is 5.69 Å². The van der Waals surface area contributed by atoms with Crippen LogP contribution in [-0.4, -0.2) is 64.1 Å². The Balaban J connectivity index is 1.19. The molecule has 1 aromatic carbocycles. The first-order valence-corrected chi connectivity index (χ1v) is 11.1. The van der Waals surface area contributed by atoms with E-state index in [1.165, 1.54) is 0 Å². The number of aryl methyl sites for hydroxylation is 1. The summed E-state index contributed by atoms with van der Waals surface area (Å²) in [7, 11) is 0. The van der Waals surface area contributed by atoms with E-state index in [0.717, 1.165) is 30.0 Å². The van der Waals surface area contributed by atoms with Crippen molar-refractivity contribution in [3.05, 3.63) is 65.7 Å². The quantitative estimate of drug-likeness (QED) is 0.646. The average molecular weight is 434 g/mol. The number of nitrogens with one attached hydrogen (secondary N) is 1. The van der Waals surface area contributed by atoms with E-state index >= 15 is 0 Å². The van der Waals surface area contributed by atoms with Gasteiger partial charge in [0.15, 0.2) is 5.76 Å². The monoisotopic (exact) mass is 433 g/mol. The van der Waals surface area contributed by atoms with E-state index in [0.29, 0.717) is 43.7 Å². The van der Waals surface area contributed by atoms with Crippen LogP contribution in [-0.2, 0) is 4.79 Å². The van der Waals surface area contributed by atoms with E-state index in [2.05, 4.69) is 10.2 Å². The van der Waals surface area contributed by atoms with Crippen molar-refractivity contribution in [3.63, 3.8) is 0 Å². The number of nitrogens with zero attached hydrogens (tertiary/aromatic N) is 4. The van der Waals surface area contributed by atoms with Crippen LogP contribution in [0.2, 0.25) is 0 Å². The van der Waals surface area contributed by atoms with Gasteiger partial charge in [0, 0.05) is 38.2 Å². The van der Waals surface area contributed by atoms with Gasteiger partial charge < -0.3 is 14.6 Å². The minimum atomic E-state index is -0.0958. The molecule has 1 saturated carbocycles. The van der Waals surface area contributed by atoms with Gasteiger partial charge in [0.05, 0.1) is 17.9 Å². The Hall–Kier alpha value is -3.39. The molecule has 3 aromatic rings. The lowest BCUT2D eigenvalue weighted by molar-refractivity contribution is -0.117. The summed E-state index contributed by atoms with van der Waals surface area (Å²) in [6, 6.07) is 15.3. The molecule has 1 saturated heterocycles. The Morgan fingerprint density at radius 3 is 2.47 bits per heavy atom. The molecule has 0 atom stereocenters. The zero-order valence-corrected chi connectivity index (χ0v) is 18.2. The van der Waals surface area contributed by atoms with Crippen molar-refractivity contribution < 1.29 is 14.0 Å². The summed E-state index contributed by atoms with van der Waals surface area (Å²) < 4.78 is 7.26. The smallest absolute Gasteiger partial charge is 0.289 e. The first kappa shape index (κ1) is 20.5. The highest BCUT2D eigenvalue weighted by Crippen LogP contribution is 2.40. The average Bonchev–Trinajstić information content (AvgIpc) is 3.44. The van der Waals surface area contributed by atoms with Crippen molar-refractivity contribution in [2.45, 2.75) is 25.7 Å². The maximum Gasteiger partial charge on any atom is 0.289 e. The number of rotatable bonds is 6. The summed E-state index contributed by atoms with van der Waals surface area (Å²) in [5.74, 6) is 2.12. The molecule has 0 unspecified atom stereocenters. The van der Waals surface area contributed by atoms with Gasteiger partial charge in [-0.3, -0.25) is 14.5 Å². The Bertz CT molecular complexity index is 1110. The molecule has 8 heteroatoms. The minimum Gasteiger partial charge on any atom is -0.456 e. The number of carbonyl (C=O) groups is 2. The second-order valence-electron chi connectivity index (χ2n) is 8.50. The summed E-state index contributed by atoms with van der Waals surface area (Å²) in [6.07, 6.45) is 2.31. The van der Waals surface area contributed by atoms with Gasteiger partial charge in [-0.15, -0.1) is 0 Å². The van der Waals surface area contributed by atoms with Crippen molar-refractivity contribution in [2.75, 3.05) is 38.0 Å². The molecule has 2 amide bonds.